The maximum absolute atomic E-state index is 12.8. The van der Waals surface area contributed by atoms with Gasteiger partial charge in [-0.1, -0.05) is 32.9 Å². The molecule has 0 radical (unpaired) electrons. The van der Waals surface area contributed by atoms with E-state index in [9.17, 15) is 8.42 Å². The molecule has 0 saturated carbocycles. The molecule has 5 heteroatoms. The van der Waals surface area contributed by atoms with Crippen LogP contribution in [0.5, 0.6) is 5.75 Å². The summed E-state index contributed by atoms with van der Waals surface area (Å²) in [4.78, 5) is 0.280. The molecular weight excluding hydrogens is 322 g/mol. The topological polar surface area (TPSA) is 55.4 Å². The summed E-state index contributed by atoms with van der Waals surface area (Å²) in [7, 11) is -1.97. The lowest BCUT2D eigenvalue weighted by Crippen LogP contribution is -2.45. The third kappa shape index (κ3) is 4.71. The average molecular weight is 349 g/mol. The number of benzene rings is 2. The number of fused-ring (bicyclic) bond motifs is 1. The Morgan fingerprint density at radius 3 is 2.12 bits per heavy atom. The molecule has 0 atom stereocenters. The zero-order valence-electron chi connectivity index (χ0n) is 15.3. The van der Waals surface area contributed by atoms with Crippen molar-refractivity contribution < 1.29 is 13.2 Å². The fourth-order valence-corrected chi connectivity index (χ4v) is 4.73. The van der Waals surface area contributed by atoms with Crippen LogP contribution >= 0.6 is 0 Å². The Bertz CT molecular complexity index is 833. The van der Waals surface area contributed by atoms with E-state index < -0.39 is 15.6 Å². The molecule has 2 aromatic carbocycles. The Kier molecular flexibility index (Phi) is 4.98. The molecular formula is C19H27NO3S. The van der Waals surface area contributed by atoms with Gasteiger partial charge >= 0.3 is 0 Å². The van der Waals surface area contributed by atoms with Crippen molar-refractivity contribution in [3.05, 3.63) is 36.4 Å². The number of nitrogens with one attached hydrogen (secondary N) is 1. The van der Waals surface area contributed by atoms with E-state index in [2.05, 4.69) is 25.5 Å². The SMILES string of the molecule is COc1ccc2cc(S(=O)(=O)NC(C)(C)CC(C)(C)C)ccc2c1. The van der Waals surface area contributed by atoms with E-state index in [1.54, 1.807) is 19.2 Å². The van der Waals surface area contributed by atoms with Crippen LogP contribution in [0.4, 0.5) is 0 Å². The van der Waals surface area contributed by atoms with Crippen LogP contribution in [0.2, 0.25) is 0 Å². The van der Waals surface area contributed by atoms with Crippen molar-refractivity contribution >= 4 is 20.8 Å². The van der Waals surface area contributed by atoms with Gasteiger partial charge < -0.3 is 4.74 Å². The summed E-state index contributed by atoms with van der Waals surface area (Å²) in [5.74, 6) is 0.752. The second kappa shape index (κ2) is 6.37. The fraction of sp³-hybridized carbons (Fsp3) is 0.474. The van der Waals surface area contributed by atoms with Crippen molar-refractivity contribution in [1.82, 2.24) is 4.72 Å². The molecule has 0 heterocycles. The first kappa shape index (κ1) is 18.7. The van der Waals surface area contributed by atoms with Gasteiger partial charge in [-0.05, 0) is 60.7 Å². The number of hydrogen-bond donors (Lipinski definition) is 1. The number of rotatable bonds is 5. The number of ether oxygens (including phenoxy) is 1. The summed E-state index contributed by atoms with van der Waals surface area (Å²) in [6.07, 6.45) is 0.740. The lowest BCUT2D eigenvalue weighted by molar-refractivity contribution is 0.269. The average Bonchev–Trinajstić information content (AvgIpc) is 2.42. The molecule has 1 N–H and O–H groups in total. The van der Waals surface area contributed by atoms with Crippen LogP contribution in [0.1, 0.15) is 41.0 Å². The molecule has 0 saturated heterocycles. The van der Waals surface area contributed by atoms with Gasteiger partial charge in [-0.2, -0.15) is 0 Å². The van der Waals surface area contributed by atoms with Crippen LogP contribution in [-0.2, 0) is 10.0 Å². The minimum atomic E-state index is -3.58. The minimum Gasteiger partial charge on any atom is -0.497 e. The Balaban J connectivity index is 2.34. The van der Waals surface area contributed by atoms with Crippen molar-refractivity contribution in [1.29, 1.82) is 0 Å². The highest BCUT2D eigenvalue weighted by atomic mass is 32.2. The third-order valence-corrected chi connectivity index (χ3v) is 5.41. The van der Waals surface area contributed by atoms with Crippen LogP contribution in [0, 0.1) is 5.41 Å². The standard InChI is InChI=1S/C19H27NO3S/c1-18(2,3)13-19(4,5)20-24(21,22)17-10-8-14-11-16(23-6)9-7-15(14)12-17/h7-12,20H,13H2,1-6H3. The van der Waals surface area contributed by atoms with Gasteiger partial charge in [0.25, 0.3) is 0 Å². The molecule has 24 heavy (non-hydrogen) atoms. The smallest absolute Gasteiger partial charge is 0.241 e. The molecule has 0 bridgehead atoms. The highest BCUT2D eigenvalue weighted by Gasteiger charge is 2.30. The second-order valence-corrected chi connectivity index (χ2v) is 9.78. The summed E-state index contributed by atoms with van der Waals surface area (Å²) < 4.78 is 33.6. The highest BCUT2D eigenvalue weighted by molar-refractivity contribution is 7.89. The Hall–Kier alpha value is -1.59. The first-order valence-corrected chi connectivity index (χ1v) is 9.52. The molecule has 0 fully saturated rings. The molecule has 0 amide bonds. The Morgan fingerprint density at radius 1 is 0.958 bits per heavy atom. The van der Waals surface area contributed by atoms with Crippen molar-refractivity contribution in [2.75, 3.05) is 7.11 Å². The van der Waals surface area contributed by atoms with Gasteiger partial charge in [0.15, 0.2) is 0 Å². The van der Waals surface area contributed by atoms with Gasteiger partial charge in [0.1, 0.15) is 5.75 Å². The van der Waals surface area contributed by atoms with Crippen molar-refractivity contribution in [2.24, 2.45) is 5.41 Å². The normalized spacial score (nSPS) is 13.2. The van der Waals surface area contributed by atoms with Crippen LogP contribution in [0.25, 0.3) is 10.8 Å². The zero-order valence-corrected chi connectivity index (χ0v) is 16.1. The second-order valence-electron chi connectivity index (χ2n) is 8.10. The summed E-state index contributed by atoms with van der Waals surface area (Å²) in [5, 5.41) is 1.81. The van der Waals surface area contributed by atoms with E-state index in [1.807, 2.05) is 38.1 Å². The van der Waals surface area contributed by atoms with Crippen molar-refractivity contribution in [3.8, 4) is 5.75 Å². The monoisotopic (exact) mass is 349 g/mol. The molecule has 0 aromatic heterocycles. The van der Waals surface area contributed by atoms with E-state index >= 15 is 0 Å². The maximum Gasteiger partial charge on any atom is 0.241 e. The van der Waals surface area contributed by atoms with Gasteiger partial charge in [-0.15, -0.1) is 0 Å². The quantitative estimate of drug-likeness (QED) is 0.873. The summed E-state index contributed by atoms with van der Waals surface area (Å²) in [6.45, 7) is 10.1. The van der Waals surface area contributed by atoms with Gasteiger partial charge in [0, 0.05) is 5.54 Å². The van der Waals surface area contributed by atoms with Crippen LogP contribution in [-0.4, -0.2) is 21.1 Å². The summed E-state index contributed by atoms with van der Waals surface area (Å²) in [5.41, 5.74) is -0.488. The summed E-state index contributed by atoms with van der Waals surface area (Å²) in [6, 6.07) is 10.7. The molecule has 0 aliphatic rings. The van der Waals surface area contributed by atoms with Gasteiger partial charge in [-0.3, -0.25) is 0 Å². The van der Waals surface area contributed by atoms with Crippen LogP contribution in [0.15, 0.2) is 41.3 Å². The van der Waals surface area contributed by atoms with Gasteiger partial charge in [0.2, 0.25) is 10.0 Å². The first-order chi connectivity index (χ1) is 10.9. The lowest BCUT2D eigenvalue weighted by Gasteiger charge is -2.33. The summed E-state index contributed by atoms with van der Waals surface area (Å²) >= 11 is 0. The molecule has 2 rings (SSSR count). The predicted molar refractivity (Wildman–Crippen MR) is 99.0 cm³/mol. The van der Waals surface area contributed by atoms with Crippen molar-refractivity contribution in [3.63, 3.8) is 0 Å². The molecule has 0 spiro atoms. The zero-order chi connectivity index (χ0) is 18.2. The fourth-order valence-electron chi connectivity index (χ4n) is 3.28. The Morgan fingerprint density at radius 2 is 1.54 bits per heavy atom. The van der Waals surface area contributed by atoms with Gasteiger partial charge in [-0.25, -0.2) is 13.1 Å². The van der Waals surface area contributed by atoms with Gasteiger partial charge in [0.05, 0.1) is 12.0 Å². The molecule has 4 nitrogen and oxygen atoms in total. The first-order valence-electron chi connectivity index (χ1n) is 8.04. The van der Waals surface area contributed by atoms with E-state index in [0.717, 1.165) is 22.9 Å². The Labute approximate surface area is 145 Å². The van der Waals surface area contributed by atoms with Crippen LogP contribution < -0.4 is 9.46 Å². The molecule has 0 aliphatic heterocycles. The third-order valence-electron chi connectivity index (χ3n) is 3.71. The van der Waals surface area contributed by atoms with E-state index in [1.165, 1.54) is 0 Å². The maximum atomic E-state index is 12.8. The molecule has 0 aliphatic carbocycles. The van der Waals surface area contributed by atoms with E-state index in [-0.39, 0.29) is 10.3 Å². The lowest BCUT2D eigenvalue weighted by atomic mass is 9.82. The molecule has 132 valence electrons. The molecule has 0 unspecified atom stereocenters. The number of methoxy groups -OCH3 is 1. The van der Waals surface area contributed by atoms with Crippen molar-refractivity contribution in [2.45, 2.75) is 51.5 Å². The largest absolute Gasteiger partial charge is 0.497 e. The van der Waals surface area contributed by atoms with Crippen LogP contribution in [0.3, 0.4) is 0 Å². The highest BCUT2D eigenvalue weighted by Crippen LogP contribution is 2.29. The van der Waals surface area contributed by atoms with E-state index in [4.69, 9.17) is 4.74 Å². The minimum absolute atomic E-state index is 0.0337. The predicted octanol–water partition coefficient (Wildman–Crippen LogP) is 4.34. The molecule has 2 aromatic rings. The number of sulfonamides is 1. The van der Waals surface area contributed by atoms with E-state index in [0.29, 0.717) is 0 Å². The number of hydrogen-bond acceptors (Lipinski definition) is 3.